The summed E-state index contributed by atoms with van der Waals surface area (Å²) in [5.41, 5.74) is 5.61. The standard InChI is InChI=1S/C61H88N6/c1-3-5-7-9-11-13-15-17-19-21-23-25-27-29-36-49-61(50-37-30-28-26-24-22-20-18-16-14-12-10-8-6-4-2)62-58-44-38-43-54-57(47-48-59(63-61)60(54)58)67-66-56-46-45-55(52-41-34-35-42-53(52)56)65-64-51-39-32-31-33-40-51/h31-35,38-48,62-63H,3-30,36-37,49-50H2,1-2H3/b65-64+,67-66+. The Bertz CT molecular complexity index is 2130. The van der Waals surface area contributed by atoms with Gasteiger partial charge in [-0.25, -0.2) is 0 Å². The molecule has 0 fully saturated rings. The van der Waals surface area contributed by atoms with Crippen molar-refractivity contribution in [3.63, 3.8) is 0 Å². The van der Waals surface area contributed by atoms with Crippen LogP contribution in [0, 0.1) is 0 Å². The summed E-state index contributed by atoms with van der Waals surface area (Å²) in [6.45, 7) is 4.61. The number of fused-ring (bicyclic) bond motifs is 1. The average molecular weight is 905 g/mol. The van der Waals surface area contributed by atoms with Crippen LogP contribution in [0.5, 0.6) is 0 Å². The molecule has 0 saturated carbocycles. The van der Waals surface area contributed by atoms with Crippen molar-refractivity contribution in [2.24, 2.45) is 20.5 Å². The number of hydrogen-bond acceptors (Lipinski definition) is 6. The van der Waals surface area contributed by atoms with Crippen molar-refractivity contribution in [2.75, 3.05) is 10.6 Å². The second-order valence-electron chi connectivity index (χ2n) is 20.0. The molecule has 0 bridgehead atoms. The van der Waals surface area contributed by atoms with E-state index in [4.69, 9.17) is 10.2 Å². The summed E-state index contributed by atoms with van der Waals surface area (Å²) >= 11 is 0. The van der Waals surface area contributed by atoms with Crippen LogP contribution in [0.4, 0.5) is 34.1 Å². The molecule has 5 aromatic rings. The van der Waals surface area contributed by atoms with Crippen molar-refractivity contribution in [3.8, 4) is 0 Å². The van der Waals surface area contributed by atoms with Crippen LogP contribution < -0.4 is 10.6 Å². The third-order valence-electron chi connectivity index (χ3n) is 14.4. The molecule has 0 atom stereocenters. The second-order valence-corrected chi connectivity index (χ2v) is 20.0. The van der Waals surface area contributed by atoms with Crippen LogP contribution in [0.1, 0.15) is 219 Å². The number of nitrogens with one attached hydrogen (secondary N) is 2. The summed E-state index contributed by atoms with van der Waals surface area (Å²) in [5, 5.41) is 31.5. The Morgan fingerprint density at radius 3 is 1.10 bits per heavy atom. The molecule has 6 nitrogen and oxygen atoms in total. The normalized spacial score (nSPS) is 13.3. The molecular formula is C61H88N6. The SMILES string of the molecule is CCCCCCCCCCCCCCCCCC1(CCCCCCCCCCCCCCCCC)Nc2cccc3c(/N=N/c4ccc(/N=N/c5ccccc5)c5ccccc45)ccc(c23)N1. The van der Waals surface area contributed by atoms with E-state index in [0.29, 0.717) is 0 Å². The van der Waals surface area contributed by atoms with E-state index in [1.165, 1.54) is 209 Å². The van der Waals surface area contributed by atoms with Gasteiger partial charge >= 0.3 is 0 Å². The highest BCUT2D eigenvalue weighted by Gasteiger charge is 2.34. The molecule has 362 valence electrons. The van der Waals surface area contributed by atoms with Gasteiger partial charge in [0.1, 0.15) is 5.66 Å². The maximum atomic E-state index is 4.91. The van der Waals surface area contributed by atoms with E-state index < -0.39 is 0 Å². The fraction of sp³-hybridized carbons (Fsp3) is 0.574. The summed E-state index contributed by atoms with van der Waals surface area (Å²) in [4.78, 5) is 0. The first-order chi connectivity index (χ1) is 33.2. The minimum Gasteiger partial charge on any atom is -0.362 e. The van der Waals surface area contributed by atoms with Crippen LogP contribution in [0.3, 0.4) is 0 Å². The Balaban J connectivity index is 1.03. The van der Waals surface area contributed by atoms with Gasteiger partial charge in [0.05, 0.1) is 22.7 Å². The largest absolute Gasteiger partial charge is 0.362 e. The lowest BCUT2D eigenvalue weighted by Crippen LogP contribution is -2.48. The van der Waals surface area contributed by atoms with Crippen molar-refractivity contribution in [3.05, 3.63) is 97.1 Å². The molecule has 0 saturated heterocycles. The Labute approximate surface area is 407 Å². The predicted octanol–water partition coefficient (Wildman–Crippen LogP) is 21.9. The van der Waals surface area contributed by atoms with E-state index in [1.807, 2.05) is 54.6 Å². The van der Waals surface area contributed by atoms with Gasteiger partial charge in [-0.05, 0) is 68.1 Å². The molecule has 0 radical (unpaired) electrons. The maximum Gasteiger partial charge on any atom is 0.108 e. The molecule has 6 heteroatoms. The highest BCUT2D eigenvalue weighted by molar-refractivity contribution is 6.10. The van der Waals surface area contributed by atoms with Crippen molar-refractivity contribution >= 4 is 55.7 Å². The van der Waals surface area contributed by atoms with Crippen molar-refractivity contribution in [1.82, 2.24) is 0 Å². The van der Waals surface area contributed by atoms with Gasteiger partial charge in [0, 0.05) is 32.9 Å². The molecule has 1 aliphatic heterocycles. The van der Waals surface area contributed by atoms with Gasteiger partial charge in [0.2, 0.25) is 0 Å². The van der Waals surface area contributed by atoms with E-state index in [1.54, 1.807) is 0 Å². The van der Waals surface area contributed by atoms with Crippen LogP contribution in [-0.4, -0.2) is 5.66 Å². The van der Waals surface area contributed by atoms with E-state index in [0.717, 1.165) is 51.7 Å². The molecule has 67 heavy (non-hydrogen) atoms. The van der Waals surface area contributed by atoms with Gasteiger partial charge in [0.25, 0.3) is 0 Å². The summed E-state index contributed by atoms with van der Waals surface area (Å²) in [6, 6.07) is 33.2. The zero-order valence-corrected chi connectivity index (χ0v) is 42.2. The Hall–Kier alpha value is -4.58. The number of benzene rings is 5. The maximum absolute atomic E-state index is 4.91. The zero-order valence-electron chi connectivity index (χ0n) is 42.2. The minimum absolute atomic E-state index is 0.143. The third kappa shape index (κ3) is 17.8. The van der Waals surface area contributed by atoms with Crippen LogP contribution >= 0.6 is 0 Å². The second kappa shape index (κ2) is 30.7. The number of rotatable bonds is 36. The zero-order chi connectivity index (χ0) is 46.5. The minimum atomic E-state index is -0.143. The van der Waals surface area contributed by atoms with Gasteiger partial charge in [-0.15, -0.1) is 15.3 Å². The molecule has 5 aromatic carbocycles. The summed E-state index contributed by atoms with van der Waals surface area (Å²) < 4.78 is 0. The molecule has 0 amide bonds. The molecule has 0 aromatic heterocycles. The number of azo groups is 2. The van der Waals surface area contributed by atoms with Gasteiger partial charge in [0.15, 0.2) is 0 Å². The lowest BCUT2D eigenvalue weighted by Gasteiger charge is -2.42. The van der Waals surface area contributed by atoms with Crippen LogP contribution in [0.25, 0.3) is 21.5 Å². The summed E-state index contributed by atoms with van der Waals surface area (Å²) in [6.07, 6.45) is 44.1. The van der Waals surface area contributed by atoms with E-state index in [-0.39, 0.29) is 5.66 Å². The van der Waals surface area contributed by atoms with Crippen molar-refractivity contribution < 1.29 is 0 Å². The molecule has 0 unspecified atom stereocenters. The van der Waals surface area contributed by atoms with Gasteiger partial charge < -0.3 is 10.6 Å². The van der Waals surface area contributed by atoms with Gasteiger partial charge in [-0.2, -0.15) is 5.11 Å². The van der Waals surface area contributed by atoms with Crippen LogP contribution in [0.2, 0.25) is 0 Å². The predicted molar refractivity (Wildman–Crippen MR) is 292 cm³/mol. The molecule has 0 aliphatic carbocycles. The first kappa shape index (κ1) is 51.8. The molecule has 0 spiro atoms. The van der Waals surface area contributed by atoms with E-state index in [2.05, 4.69) is 77.2 Å². The third-order valence-corrected chi connectivity index (χ3v) is 14.4. The first-order valence-electron chi connectivity index (χ1n) is 27.7. The smallest absolute Gasteiger partial charge is 0.108 e. The molecule has 2 N–H and O–H groups in total. The Kier molecular flexibility index (Phi) is 23.8. The van der Waals surface area contributed by atoms with E-state index in [9.17, 15) is 0 Å². The van der Waals surface area contributed by atoms with Gasteiger partial charge in [-0.1, -0.05) is 248 Å². The van der Waals surface area contributed by atoms with Crippen LogP contribution in [0.15, 0.2) is 118 Å². The van der Waals surface area contributed by atoms with Gasteiger partial charge in [-0.3, -0.25) is 0 Å². The quantitative estimate of drug-likeness (QED) is 0.0310. The lowest BCUT2D eigenvalue weighted by molar-refractivity contribution is 0.401. The van der Waals surface area contributed by atoms with Crippen molar-refractivity contribution in [2.45, 2.75) is 225 Å². The fourth-order valence-electron chi connectivity index (χ4n) is 10.4. The summed E-state index contributed by atoms with van der Waals surface area (Å²) in [7, 11) is 0. The number of anilines is 2. The monoisotopic (exact) mass is 905 g/mol. The lowest BCUT2D eigenvalue weighted by atomic mass is 9.89. The van der Waals surface area contributed by atoms with E-state index >= 15 is 0 Å². The highest BCUT2D eigenvalue weighted by atomic mass is 15.2. The molecular weight excluding hydrogens is 817 g/mol. The Morgan fingerprint density at radius 1 is 0.313 bits per heavy atom. The number of nitrogens with zero attached hydrogens (tertiary/aromatic N) is 4. The van der Waals surface area contributed by atoms with Crippen molar-refractivity contribution in [1.29, 1.82) is 0 Å². The fourth-order valence-corrected chi connectivity index (χ4v) is 10.4. The Morgan fingerprint density at radius 2 is 0.657 bits per heavy atom. The molecule has 1 aliphatic rings. The number of hydrogen-bond donors (Lipinski definition) is 2. The summed E-state index contributed by atoms with van der Waals surface area (Å²) in [5.74, 6) is 0. The van der Waals surface area contributed by atoms with Crippen LogP contribution in [-0.2, 0) is 0 Å². The molecule has 1 heterocycles. The highest BCUT2D eigenvalue weighted by Crippen LogP contribution is 2.45. The molecule has 6 rings (SSSR count). The number of unbranched alkanes of at least 4 members (excludes halogenated alkanes) is 28. The average Bonchev–Trinajstić information content (AvgIpc) is 3.36. The topological polar surface area (TPSA) is 73.5 Å². The first-order valence-corrected chi connectivity index (χ1v) is 27.7.